The van der Waals surface area contributed by atoms with E-state index in [1.807, 2.05) is 24.6 Å². The zero-order valence-electron chi connectivity index (χ0n) is 23.0. The van der Waals surface area contributed by atoms with Gasteiger partial charge in [-0.3, -0.25) is 0 Å². The normalized spacial score (nSPS) is 14.3. The Bertz CT molecular complexity index is 1600. The quantitative estimate of drug-likeness (QED) is 0.297. The van der Waals surface area contributed by atoms with E-state index in [0.29, 0.717) is 46.4 Å². The molecule has 1 aliphatic rings. The highest BCUT2D eigenvalue weighted by Gasteiger charge is 2.34. The van der Waals surface area contributed by atoms with Crippen LogP contribution >= 0.6 is 0 Å². The lowest BCUT2D eigenvalue weighted by atomic mass is 9.86. The predicted octanol–water partition coefficient (Wildman–Crippen LogP) is 7.07. The number of benzene rings is 2. The Balaban J connectivity index is 1.90. The van der Waals surface area contributed by atoms with Crippen molar-refractivity contribution in [2.45, 2.75) is 59.2 Å². The number of aromatic nitrogens is 2. The van der Waals surface area contributed by atoms with E-state index < -0.39 is 23.5 Å². The molecule has 6 nitrogen and oxygen atoms in total. The lowest BCUT2D eigenvalue weighted by molar-refractivity contribution is -0.160. The largest absolute Gasteiger partial charge is 0.490 e. The van der Waals surface area contributed by atoms with E-state index in [0.717, 1.165) is 28.8 Å². The lowest BCUT2D eigenvalue weighted by Gasteiger charge is -2.29. The molecule has 204 valence electrons. The first-order valence-corrected chi connectivity index (χ1v) is 13.0. The van der Waals surface area contributed by atoms with Gasteiger partial charge < -0.3 is 19.1 Å². The van der Waals surface area contributed by atoms with Crippen LogP contribution in [-0.2, 0) is 23.0 Å². The van der Waals surface area contributed by atoms with Crippen molar-refractivity contribution in [3.8, 4) is 28.1 Å². The van der Waals surface area contributed by atoms with Gasteiger partial charge >= 0.3 is 5.97 Å². The number of hydrogen-bond donors (Lipinski definition) is 1. The molecule has 0 bridgehead atoms. The van der Waals surface area contributed by atoms with Gasteiger partial charge in [-0.25, -0.2) is 18.6 Å². The van der Waals surface area contributed by atoms with Crippen LogP contribution in [0.5, 0.6) is 5.75 Å². The number of pyridine rings is 1. The van der Waals surface area contributed by atoms with E-state index in [-0.39, 0.29) is 11.6 Å². The average molecular weight is 535 g/mol. The first-order chi connectivity index (χ1) is 18.4. The van der Waals surface area contributed by atoms with Crippen LogP contribution in [0.2, 0.25) is 0 Å². The fraction of sp³-hybridized carbons (Fsp3) is 0.355. The number of ether oxygens (including phenoxy) is 2. The van der Waals surface area contributed by atoms with Crippen molar-refractivity contribution in [1.82, 2.24) is 9.55 Å². The maximum atomic E-state index is 15.5. The van der Waals surface area contributed by atoms with Crippen molar-refractivity contribution < 1.29 is 28.2 Å². The Hall–Kier alpha value is -3.78. The summed E-state index contributed by atoms with van der Waals surface area (Å²) in [7, 11) is 1.85. The number of carboxylic acid groups (broad SMARTS) is 1. The molecule has 8 heteroatoms. The molecule has 1 N–H and O–H groups in total. The van der Waals surface area contributed by atoms with Gasteiger partial charge in [0.25, 0.3) is 0 Å². The van der Waals surface area contributed by atoms with Gasteiger partial charge in [-0.05, 0) is 101 Å². The lowest BCUT2D eigenvalue weighted by Crippen LogP contribution is -2.28. The van der Waals surface area contributed by atoms with Gasteiger partial charge in [0, 0.05) is 34.8 Å². The molecule has 0 radical (unpaired) electrons. The number of aliphatic carboxylic acids is 1. The van der Waals surface area contributed by atoms with Crippen LogP contribution in [0.25, 0.3) is 33.4 Å². The number of carbonyl (C=O) groups is 1. The number of aryl methyl sites for hydroxylation is 2. The second kappa shape index (κ2) is 9.75. The molecule has 4 aromatic rings. The van der Waals surface area contributed by atoms with Gasteiger partial charge in [-0.1, -0.05) is 0 Å². The zero-order chi connectivity index (χ0) is 28.2. The van der Waals surface area contributed by atoms with Gasteiger partial charge in [0.1, 0.15) is 11.5 Å². The van der Waals surface area contributed by atoms with Gasteiger partial charge in [-0.2, -0.15) is 0 Å². The molecule has 0 amide bonds. The summed E-state index contributed by atoms with van der Waals surface area (Å²) >= 11 is 0. The van der Waals surface area contributed by atoms with Crippen LogP contribution in [0.1, 0.15) is 55.7 Å². The van der Waals surface area contributed by atoms with Crippen LogP contribution in [0.15, 0.2) is 36.4 Å². The molecule has 1 aliphatic heterocycles. The number of carboxylic acids is 1. The SMILES string of the molecule is Cc1nc2c(cc(-c3ccc(F)cc3)n2C)c(-c2cc(F)c3c(c2C)CCCO3)c1C(OC(C)(C)C)C(=O)O. The first kappa shape index (κ1) is 26.8. The maximum absolute atomic E-state index is 15.5. The molecule has 0 aliphatic carbocycles. The highest BCUT2D eigenvalue weighted by atomic mass is 19.1. The maximum Gasteiger partial charge on any atom is 0.337 e. The Morgan fingerprint density at radius 2 is 1.85 bits per heavy atom. The van der Waals surface area contributed by atoms with E-state index in [4.69, 9.17) is 14.5 Å². The summed E-state index contributed by atoms with van der Waals surface area (Å²) in [6.07, 6.45) is 0.0747. The summed E-state index contributed by atoms with van der Waals surface area (Å²) in [5.41, 5.74) is 4.93. The van der Waals surface area contributed by atoms with Crippen LogP contribution in [0, 0.1) is 25.5 Å². The van der Waals surface area contributed by atoms with Crippen molar-refractivity contribution in [1.29, 1.82) is 0 Å². The van der Waals surface area contributed by atoms with Gasteiger partial charge in [0.15, 0.2) is 17.7 Å². The third-order valence-electron chi connectivity index (χ3n) is 7.21. The second-order valence-electron chi connectivity index (χ2n) is 11.1. The van der Waals surface area contributed by atoms with Crippen LogP contribution in [0.3, 0.4) is 0 Å². The first-order valence-electron chi connectivity index (χ1n) is 13.0. The summed E-state index contributed by atoms with van der Waals surface area (Å²) in [4.78, 5) is 17.5. The van der Waals surface area contributed by atoms with Crippen LogP contribution in [-0.4, -0.2) is 32.8 Å². The predicted molar refractivity (Wildman–Crippen MR) is 146 cm³/mol. The topological polar surface area (TPSA) is 73.6 Å². The summed E-state index contributed by atoms with van der Waals surface area (Å²) in [6.45, 7) is 9.49. The minimum absolute atomic E-state index is 0.256. The van der Waals surface area contributed by atoms with E-state index >= 15 is 4.39 Å². The Morgan fingerprint density at radius 3 is 2.49 bits per heavy atom. The number of fused-ring (bicyclic) bond motifs is 2. The minimum Gasteiger partial charge on any atom is -0.490 e. The van der Waals surface area contributed by atoms with Gasteiger partial charge in [-0.15, -0.1) is 0 Å². The monoisotopic (exact) mass is 534 g/mol. The molecule has 1 atom stereocenters. The van der Waals surface area contributed by atoms with E-state index in [1.165, 1.54) is 18.2 Å². The molecule has 2 aromatic heterocycles. The Labute approximate surface area is 226 Å². The van der Waals surface area contributed by atoms with Crippen LogP contribution < -0.4 is 4.74 Å². The highest BCUT2D eigenvalue weighted by Crippen LogP contribution is 2.45. The molecule has 2 aromatic carbocycles. The van der Waals surface area contributed by atoms with Crippen molar-refractivity contribution >= 4 is 17.0 Å². The molecular weight excluding hydrogens is 502 g/mol. The van der Waals surface area contributed by atoms with Gasteiger partial charge in [0.05, 0.1) is 17.9 Å². The van der Waals surface area contributed by atoms with Crippen LogP contribution in [0.4, 0.5) is 8.78 Å². The summed E-state index contributed by atoms with van der Waals surface area (Å²) in [5, 5.41) is 11.0. The molecular formula is C31H32F2N2O4. The molecule has 39 heavy (non-hydrogen) atoms. The Morgan fingerprint density at radius 1 is 1.15 bits per heavy atom. The van der Waals surface area contributed by atoms with Crippen molar-refractivity contribution in [2.75, 3.05) is 6.61 Å². The van der Waals surface area contributed by atoms with E-state index in [9.17, 15) is 14.3 Å². The standard InChI is InChI=1S/C31H32F2N2O4/c1-16-20-8-7-13-38-27(20)23(33)14-21(16)26-22-15-24(18-9-11-19(32)12-10-18)35(6)29(22)34-17(2)25(26)28(30(36)37)39-31(3,4)5/h9-12,14-15,28H,7-8,13H2,1-6H3,(H,36,37). The Kier molecular flexibility index (Phi) is 6.71. The number of hydrogen-bond acceptors (Lipinski definition) is 4. The second-order valence-corrected chi connectivity index (χ2v) is 11.1. The molecule has 0 saturated carbocycles. The fourth-order valence-corrected chi connectivity index (χ4v) is 5.47. The van der Waals surface area contributed by atoms with Crippen molar-refractivity contribution in [3.05, 3.63) is 70.4 Å². The highest BCUT2D eigenvalue weighted by molar-refractivity contribution is 6.01. The number of nitrogens with zero attached hydrogens (tertiary/aromatic N) is 2. The number of rotatable bonds is 5. The molecule has 5 rings (SSSR count). The van der Waals surface area contributed by atoms with E-state index in [2.05, 4.69) is 0 Å². The average Bonchev–Trinajstić information content (AvgIpc) is 3.20. The molecule has 0 saturated heterocycles. The van der Waals surface area contributed by atoms with Gasteiger partial charge in [0.2, 0.25) is 0 Å². The smallest absolute Gasteiger partial charge is 0.337 e. The summed E-state index contributed by atoms with van der Waals surface area (Å²) < 4.78 is 42.8. The van der Waals surface area contributed by atoms with Crippen molar-refractivity contribution in [3.63, 3.8) is 0 Å². The summed E-state index contributed by atoms with van der Waals surface area (Å²) in [5.74, 6) is -1.74. The third kappa shape index (κ3) is 4.78. The third-order valence-corrected chi connectivity index (χ3v) is 7.21. The summed E-state index contributed by atoms with van der Waals surface area (Å²) in [6, 6.07) is 9.47. The minimum atomic E-state index is -1.35. The fourth-order valence-electron chi connectivity index (χ4n) is 5.47. The molecule has 1 unspecified atom stereocenters. The van der Waals surface area contributed by atoms with E-state index in [1.54, 1.807) is 39.8 Å². The molecule has 3 heterocycles. The zero-order valence-corrected chi connectivity index (χ0v) is 23.0. The van der Waals surface area contributed by atoms with Crippen molar-refractivity contribution in [2.24, 2.45) is 7.05 Å². The number of halogens is 2. The molecule has 0 fully saturated rings. The molecule has 0 spiro atoms.